The van der Waals surface area contributed by atoms with E-state index in [1.807, 2.05) is 30.3 Å². The summed E-state index contributed by atoms with van der Waals surface area (Å²) in [6.45, 7) is 3.70. The highest BCUT2D eigenvalue weighted by Crippen LogP contribution is 2.36. The summed E-state index contributed by atoms with van der Waals surface area (Å²) in [7, 11) is 0. The van der Waals surface area contributed by atoms with E-state index in [1.165, 1.54) is 18.2 Å². The maximum absolute atomic E-state index is 14.8. The summed E-state index contributed by atoms with van der Waals surface area (Å²) < 4.78 is 56.6. The molecule has 0 radical (unpaired) electrons. The lowest BCUT2D eigenvalue weighted by Crippen LogP contribution is -1.97. The van der Waals surface area contributed by atoms with E-state index in [-0.39, 0.29) is 12.0 Å². The average Bonchev–Trinajstić information content (AvgIpc) is 3.08. The van der Waals surface area contributed by atoms with Crippen molar-refractivity contribution in [2.24, 2.45) is 0 Å². The van der Waals surface area contributed by atoms with Crippen LogP contribution in [0, 0.1) is 23.3 Å². The molecule has 0 saturated heterocycles. The van der Waals surface area contributed by atoms with Gasteiger partial charge in [0.15, 0.2) is 11.6 Å². The van der Waals surface area contributed by atoms with Crippen LogP contribution in [0.3, 0.4) is 0 Å². The van der Waals surface area contributed by atoms with Crippen molar-refractivity contribution in [2.45, 2.75) is 19.3 Å². The zero-order valence-electron chi connectivity index (χ0n) is 15.6. The first-order chi connectivity index (χ1) is 14.0. The molecule has 0 aromatic heterocycles. The Hall–Kier alpha value is -3.14. The van der Waals surface area contributed by atoms with Gasteiger partial charge in [-0.15, -0.1) is 6.58 Å². The Morgan fingerprint density at radius 2 is 1.45 bits per heavy atom. The third-order valence-corrected chi connectivity index (χ3v) is 5.18. The summed E-state index contributed by atoms with van der Waals surface area (Å²) in [5.41, 5.74) is 3.43. The van der Waals surface area contributed by atoms with Gasteiger partial charge in [-0.2, -0.15) is 0 Å². The van der Waals surface area contributed by atoms with Crippen LogP contribution < -0.4 is 0 Å². The molecule has 1 aliphatic carbocycles. The van der Waals surface area contributed by atoms with Gasteiger partial charge >= 0.3 is 0 Å². The van der Waals surface area contributed by atoms with Crippen molar-refractivity contribution >= 4 is 11.6 Å². The van der Waals surface area contributed by atoms with Crippen molar-refractivity contribution in [2.75, 3.05) is 0 Å². The van der Waals surface area contributed by atoms with Crippen LogP contribution in [-0.4, -0.2) is 0 Å². The molecule has 0 bridgehead atoms. The molecule has 0 nitrogen and oxygen atoms in total. The Balaban J connectivity index is 1.65. The van der Waals surface area contributed by atoms with Crippen LogP contribution >= 0.6 is 0 Å². The van der Waals surface area contributed by atoms with E-state index < -0.39 is 23.3 Å². The number of hydrogen-bond acceptors (Lipinski definition) is 0. The molecule has 0 amide bonds. The molecule has 4 heteroatoms. The number of aryl methyl sites for hydroxylation is 1. The van der Waals surface area contributed by atoms with Gasteiger partial charge in [-0.1, -0.05) is 36.4 Å². The fourth-order valence-electron chi connectivity index (χ4n) is 3.67. The Kier molecular flexibility index (Phi) is 5.10. The number of benzene rings is 3. The topological polar surface area (TPSA) is 0 Å². The van der Waals surface area contributed by atoms with E-state index in [0.717, 1.165) is 30.5 Å². The van der Waals surface area contributed by atoms with Gasteiger partial charge < -0.3 is 0 Å². The third-order valence-electron chi connectivity index (χ3n) is 5.18. The number of halogens is 4. The second-order valence-electron chi connectivity index (χ2n) is 7.15. The molecule has 146 valence electrons. The molecule has 0 N–H and O–H groups in total. The van der Waals surface area contributed by atoms with Gasteiger partial charge in [0.25, 0.3) is 0 Å². The molecule has 4 rings (SSSR count). The molecule has 1 aliphatic rings. The zero-order valence-corrected chi connectivity index (χ0v) is 15.6. The van der Waals surface area contributed by atoms with E-state index in [1.54, 1.807) is 0 Å². The van der Waals surface area contributed by atoms with Crippen molar-refractivity contribution in [1.82, 2.24) is 0 Å². The van der Waals surface area contributed by atoms with Gasteiger partial charge in [-0.3, -0.25) is 0 Å². The van der Waals surface area contributed by atoms with Crippen LogP contribution in [0.5, 0.6) is 0 Å². The maximum Gasteiger partial charge on any atom is 0.159 e. The van der Waals surface area contributed by atoms with Gasteiger partial charge in [0.05, 0.1) is 0 Å². The number of allylic oxidation sites excluding steroid dienone is 2. The molecule has 3 aromatic rings. The van der Waals surface area contributed by atoms with Crippen molar-refractivity contribution in [1.29, 1.82) is 0 Å². The molecular weight excluding hydrogens is 376 g/mol. The lowest BCUT2D eigenvalue weighted by atomic mass is 9.97. The first kappa shape index (κ1) is 19.2. The second kappa shape index (κ2) is 7.70. The first-order valence-electron chi connectivity index (χ1n) is 9.34. The predicted octanol–water partition coefficient (Wildman–Crippen LogP) is 7.13. The molecule has 0 saturated carbocycles. The number of fused-ring (bicyclic) bond motifs is 1. The summed E-state index contributed by atoms with van der Waals surface area (Å²) in [6, 6.07) is 12.3. The van der Waals surface area contributed by atoms with E-state index in [4.69, 9.17) is 0 Å². The van der Waals surface area contributed by atoms with Crippen LogP contribution in [0.4, 0.5) is 17.6 Å². The number of hydrogen-bond donors (Lipinski definition) is 0. The first-order valence-corrected chi connectivity index (χ1v) is 9.34. The Morgan fingerprint density at radius 1 is 0.793 bits per heavy atom. The lowest BCUT2D eigenvalue weighted by Gasteiger charge is -2.10. The standard InChI is InChI=1S/C25H18F4/c1-2-3-4-15-5-7-16(8-6-15)19-13-23(28)25(24(29)14-19)20-9-17-11-21(26)22(27)12-18(17)10-20/h2,5-9,11-14H,1,3-4,10H2. The van der Waals surface area contributed by atoms with E-state index >= 15 is 0 Å². The van der Waals surface area contributed by atoms with Gasteiger partial charge in [0.1, 0.15) is 11.6 Å². The van der Waals surface area contributed by atoms with Gasteiger partial charge in [-0.25, -0.2) is 17.6 Å². The molecule has 0 unspecified atom stereocenters. The zero-order chi connectivity index (χ0) is 20.5. The molecule has 29 heavy (non-hydrogen) atoms. The van der Waals surface area contributed by atoms with Crippen LogP contribution in [-0.2, 0) is 12.8 Å². The Morgan fingerprint density at radius 3 is 2.10 bits per heavy atom. The Labute approximate surface area is 166 Å². The highest BCUT2D eigenvalue weighted by atomic mass is 19.2. The molecule has 0 heterocycles. The summed E-state index contributed by atoms with van der Waals surface area (Å²) in [5, 5.41) is 0. The highest BCUT2D eigenvalue weighted by Gasteiger charge is 2.22. The van der Waals surface area contributed by atoms with Gasteiger partial charge in [-0.05, 0) is 76.9 Å². The minimum atomic E-state index is -0.978. The largest absolute Gasteiger partial charge is 0.206 e. The monoisotopic (exact) mass is 394 g/mol. The minimum Gasteiger partial charge on any atom is -0.206 e. The average molecular weight is 394 g/mol. The molecular formula is C25H18F4. The van der Waals surface area contributed by atoms with E-state index in [0.29, 0.717) is 27.8 Å². The summed E-state index contributed by atoms with van der Waals surface area (Å²) >= 11 is 0. The lowest BCUT2D eigenvalue weighted by molar-refractivity contribution is 0.507. The molecule has 0 atom stereocenters. The SMILES string of the molecule is C=CCCc1ccc(-c2cc(F)c(C3=Cc4cc(F)c(F)cc4C3)c(F)c2)cc1. The third kappa shape index (κ3) is 3.75. The fraction of sp³-hybridized carbons (Fsp3) is 0.120. The minimum absolute atomic E-state index is 0.151. The molecule has 0 spiro atoms. The van der Waals surface area contributed by atoms with Crippen LogP contribution in [0.1, 0.15) is 28.7 Å². The Bertz CT molecular complexity index is 1100. The van der Waals surface area contributed by atoms with E-state index in [9.17, 15) is 17.6 Å². The van der Waals surface area contributed by atoms with Crippen LogP contribution in [0.2, 0.25) is 0 Å². The quantitative estimate of drug-likeness (QED) is 0.319. The highest BCUT2D eigenvalue weighted by molar-refractivity contribution is 5.89. The van der Waals surface area contributed by atoms with Crippen molar-refractivity contribution in [3.05, 3.63) is 107 Å². The van der Waals surface area contributed by atoms with E-state index in [2.05, 4.69) is 6.58 Å². The predicted molar refractivity (Wildman–Crippen MR) is 108 cm³/mol. The second-order valence-corrected chi connectivity index (χ2v) is 7.15. The molecule has 0 fully saturated rings. The van der Waals surface area contributed by atoms with Crippen LogP contribution in [0.15, 0.2) is 61.2 Å². The molecule has 0 aliphatic heterocycles. The van der Waals surface area contributed by atoms with Crippen molar-refractivity contribution in [3.8, 4) is 11.1 Å². The van der Waals surface area contributed by atoms with Crippen LogP contribution in [0.25, 0.3) is 22.8 Å². The molecule has 3 aromatic carbocycles. The van der Waals surface area contributed by atoms with Crippen molar-refractivity contribution in [3.63, 3.8) is 0 Å². The number of rotatable bonds is 5. The normalized spacial score (nSPS) is 12.6. The smallest absolute Gasteiger partial charge is 0.159 e. The fourth-order valence-corrected chi connectivity index (χ4v) is 3.67. The summed E-state index contributed by atoms with van der Waals surface area (Å²) in [4.78, 5) is 0. The summed E-state index contributed by atoms with van der Waals surface area (Å²) in [6.07, 6.45) is 5.23. The maximum atomic E-state index is 14.8. The van der Waals surface area contributed by atoms with Gasteiger partial charge in [0, 0.05) is 5.56 Å². The van der Waals surface area contributed by atoms with Gasteiger partial charge in [0.2, 0.25) is 0 Å². The van der Waals surface area contributed by atoms with Crippen molar-refractivity contribution < 1.29 is 17.6 Å². The summed E-state index contributed by atoms with van der Waals surface area (Å²) in [5.74, 6) is -3.34.